The molecule has 1 aliphatic carbocycles. The first-order valence-electron chi connectivity index (χ1n) is 10.8. The Balaban J connectivity index is 1.73. The van der Waals surface area contributed by atoms with Gasteiger partial charge in [-0.2, -0.15) is 10.2 Å². The summed E-state index contributed by atoms with van der Waals surface area (Å²) in [6, 6.07) is 5.02. The molecule has 0 atom stereocenters. The van der Waals surface area contributed by atoms with Crippen LogP contribution in [0.5, 0.6) is 5.75 Å². The third-order valence-corrected chi connectivity index (χ3v) is 6.62. The molecule has 3 amide bonds. The largest absolute Gasteiger partial charge is 0.496 e. The highest BCUT2D eigenvalue weighted by Gasteiger charge is 2.50. The Morgan fingerprint density at radius 1 is 1.19 bits per heavy atom. The molecule has 0 unspecified atom stereocenters. The van der Waals surface area contributed by atoms with E-state index in [2.05, 4.69) is 10.3 Å². The molecule has 0 bridgehead atoms. The molecule has 0 spiro atoms. The van der Waals surface area contributed by atoms with Gasteiger partial charge in [-0.05, 0) is 43.9 Å². The number of nitrogens with one attached hydrogen (secondary N) is 1. The van der Waals surface area contributed by atoms with Crippen LogP contribution in [-0.4, -0.2) is 34.5 Å². The molecule has 8 nitrogen and oxygen atoms in total. The van der Waals surface area contributed by atoms with E-state index in [4.69, 9.17) is 4.74 Å². The first-order chi connectivity index (χ1) is 15.4. The number of benzene rings is 1. The molecule has 1 N–H and O–H groups in total. The Hall–Kier alpha value is -3.60. The molecule has 1 aliphatic heterocycles. The van der Waals surface area contributed by atoms with Crippen molar-refractivity contribution in [1.29, 1.82) is 5.26 Å². The lowest BCUT2D eigenvalue weighted by atomic mass is 9.78. The van der Waals surface area contributed by atoms with Crippen LogP contribution >= 0.6 is 0 Å². The molecule has 1 saturated carbocycles. The Bertz CT molecular complexity index is 1100. The van der Waals surface area contributed by atoms with Gasteiger partial charge in [0.1, 0.15) is 11.3 Å². The van der Waals surface area contributed by atoms with Gasteiger partial charge in [0.05, 0.1) is 25.5 Å². The van der Waals surface area contributed by atoms with Crippen LogP contribution in [0.3, 0.4) is 0 Å². The van der Waals surface area contributed by atoms with Gasteiger partial charge in [-0.3, -0.25) is 9.78 Å². The van der Waals surface area contributed by atoms with Crippen LogP contribution in [-0.2, 0) is 11.3 Å². The van der Waals surface area contributed by atoms with Crippen molar-refractivity contribution in [3.63, 3.8) is 0 Å². The van der Waals surface area contributed by atoms with Gasteiger partial charge in [0.2, 0.25) is 5.91 Å². The van der Waals surface area contributed by atoms with Gasteiger partial charge in [-0.1, -0.05) is 25.3 Å². The molecular formula is C24H27N5O3. The highest BCUT2D eigenvalue weighted by molar-refractivity contribution is 6.05. The lowest BCUT2D eigenvalue weighted by Crippen LogP contribution is -2.63. The van der Waals surface area contributed by atoms with Crippen LogP contribution in [0.4, 0.5) is 16.2 Å². The summed E-state index contributed by atoms with van der Waals surface area (Å²) in [5.74, 6) is 0.451. The zero-order valence-corrected chi connectivity index (χ0v) is 18.6. The Morgan fingerprint density at radius 2 is 1.94 bits per heavy atom. The van der Waals surface area contributed by atoms with Crippen LogP contribution < -0.4 is 15.0 Å². The number of pyridine rings is 1. The number of anilines is 2. The van der Waals surface area contributed by atoms with Gasteiger partial charge in [0.15, 0.2) is 6.19 Å². The van der Waals surface area contributed by atoms with Gasteiger partial charge in [0.25, 0.3) is 0 Å². The number of carbonyl (C=O) groups excluding carboxylic acids is 2. The number of ether oxygens (including phenoxy) is 1. The number of nitriles is 1. The highest BCUT2D eigenvalue weighted by Crippen LogP contribution is 2.41. The minimum absolute atomic E-state index is 0.232. The maximum atomic E-state index is 13.8. The predicted molar refractivity (Wildman–Crippen MR) is 120 cm³/mol. The number of carbonyl (C=O) groups is 2. The van der Waals surface area contributed by atoms with Crippen molar-refractivity contribution < 1.29 is 14.3 Å². The van der Waals surface area contributed by atoms with Crippen LogP contribution in [0.25, 0.3) is 0 Å². The standard InChI is InChI=1S/C24H27N5O3/c1-16-7-8-18(11-21(16)32-3)27-22(30)24(9-5-4-6-10-24)29-14-19-17(2)12-26-13-20(19)28(15-25)23(29)31/h7-8,11-13H,4-6,9-10,14H2,1-3H3,(H,27,30). The second-order valence-electron chi connectivity index (χ2n) is 8.49. The molecule has 32 heavy (non-hydrogen) atoms. The number of hydrogen-bond acceptors (Lipinski definition) is 5. The molecule has 0 radical (unpaired) electrons. The zero-order valence-electron chi connectivity index (χ0n) is 18.6. The third kappa shape index (κ3) is 3.54. The van der Waals surface area contributed by atoms with Crippen LogP contribution in [0.15, 0.2) is 30.6 Å². The smallest absolute Gasteiger partial charge is 0.339 e. The van der Waals surface area contributed by atoms with Crippen LogP contribution in [0.2, 0.25) is 0 Å². The van der Waals surface area contributed by atoms with Gasteiger partial charge < -0.3 is 15.0 Å². The minimum atomic E-state index is -1.03. The summed E-state index contributed by atoms with van der Waals surface area (Å²) in [6.07, 6.45) is 9.02. The number of rotatable bonds is 4. The minimum Gasteiger partial charge on any atom is -0.496 e. The number of aryl methyl sites for hydroxylation is 2. The number of aromatic nitrogens is 1. The molecule has 0 saturated heterocycles. The molecule has 2 heterocycles. The van der Waals surface area contributed by atoms with Crippen LogP contribution in [0, 0.1) is 25.3 Å². The van der Waals surface area contributed by atoms with Crippen molar-refractivity contribution in [2.45, 2.75) is 58.0 Å². The monoisotopic (exact) mass is 433 g/mol. The summed E-state index contributed by atoms with van der Waals surface area (Å²) in [6.45, 7) is 4.11. The van der Waals surface area contributed by atoms with E-state index in [-0.39, 0.29) is 12.5 Å². The quantitative estimate of drug-likeness (QED) is 0.726. The molecule has 8 heteroatoms. The fourth-order valence-electron chi connectivity index (χ4n) is 4.76. The fourth-order valence-corrected chi connectivity index (χ4v) is 4.76. The van der Waals surface area contributed by atoms with E-state index in [1.807, 2.05) is 32.2 Å². The Morgan fingerprint density at radius 3 is 2.62 bits per heavy atom. The number of fused-ring (bicyclic) bond motifs is 1. The van der Waals surface area contributed by atoms with Crippen molar-refractivity contribution in [1.82, 2.24) is 9.88 Å². The molecule has 4 rings (SSSR count). The topological polar surface area (TPSA) is 98.6 Å². The second-order valence-corrected chi connectivity index (χ2v) is 8.49. The summed E-state index contributed by atoms with van der Waals surface area (Å²) in [7, 11) is 1.59. The summed E-state index contributed by atoms with van der Waals surface area (Å²) in [5.41, 5.74) is 2.77. The summed E-state index contributed by atoms with van der Waals surface area (Å²) < 4.78 is 5.39. The van der Waals surface area contributed by atoms with E-state index < -0.39 is 11.6 Å². The van der Waals surface area contributed by atoms with Crippen molar-refractivity contribution in [3.8, 4) is 11.9 Å². The number of hydrogen-bond donors (Lipinski definition) is 1. The molecule has 1 aromatic carbocycles. The molecule has 1 fully saturated rings. The molecule has 166 valence electrons. The third-order valence-electron chi connectivity index (χ3n) is 6.62. The van der Waals surface area contributed by atoms with Gasteiger partial charge in [-0.25, -0.2) is 4.79 Å². The predicted octanol–water partition coefficient (Wildman–Crippen LogP) is 4.27. The first kappa shape index (κ1) is 21.6. The lowest BCUT2D eigenvalue weighted by molar-refractivity contribution is -0.128. The summed E-state index contributed by atoms with van der Waals surface area (Å²) >= 11 is 0. The molecular weight excluding hydrogens is 406 g/mol. The number of urea groups is 1. The van der Waals surface area contributed by atoms with E-state index in [1.54, 1.807) is 24.3 Å². The van der Waals surface area contributed by atoms with Crippen LogP contribution in [0.1, 0.15) is 48.8 Å². The van der Waals surface area contributed by atoms with E-state index in [1.165, 1.54) is 6.20 Å². The van der Waals surface area contributed by atoms with Gasteiger partial charge in [-0.15, -0.1) is 0 Å². The average Bonchev–Trinajstić information content (AvgIpc) is 2.80. The normalized spacial score (nSPS) is 17.4. The van der Waals surface area contributed by atoms with E-state index in [0.717, 1.165) is 40.9 Å². The SMILES string of the molecule is COc1cc(NC(=O)C2(N3Cc4c(C)cncc4N(C#N)C3=O)CCCCC2)ccc1C. The van der Waals surface area contributed by atoms with E-state index in [0.29, 0.717) is 30.0 Å². The second kappa shape index (κ2) is 8.50. The first-order valence-corrected chi connectivity index (χ1v) is 10.8. The van der Waals surface area contributed by atoms with Gasteiger partial charge >= 0.3 is 6.03 Å². The fraction of sp³-hybridized carbons (Fsp3) is 0.417. The molecule has 2 aliphatic rings. The van der Waals surface area contributed by atoms with E-state index >= 15 is 0 Å². The highest BCUT2D eigenvalue weighted by atomic mass is 16.5. The average molecular weight is 434 g/mol. The van der Waals surface area contributed by atoms with Gasteiger partial charge in [0, 0.05) is 23.5 Å². The maximum absolute atomic E-state index is 13.8. The van der Waals surface area contributed by atoms with E-state index in [9.17, 15) is 14.9 Å². The van der Waals surface area contributed by atoms with Crippen molar-refractivity contribution in [2.24, 2.45) is 0 Å². The summed E-state index contributed by atoms with van der Waals surface area (Å²) in [5, 5.41) is 12.8. The lowest BCUT2D eigenvalue weighted by Gasteiger charge is -2.47. The molecule has 2 aromatic rings. The number of nitrogens with zero attached hydrogens (tertiary/aromatic N) is 4. The zero-order chi connectivity index (χ0) is 22.9. The Labute approximate surface area is 187 Å². The van der Waals surface area contributed by atoms with Crippen molar-refractivity contribution in [3.05, 3.63) is 47.3 Å². The molecule has 1 aromatic heterocycles. The number of methoxy groups -OCH3 is 1. The maximum Gasteiger partial charge on any atom is 0.339 e. The Kier molecular flexibility index (Phi) is 5.74. The van der Waals surface area contributed by atoms with Crippen molar-refractivity contribution >= 4 is 23.3 Å². The van der Waals surface area contributed by atoms with Crippen molar-refractivity contribution in [2.75, 3.05) is 17.3 Å². The summed E-state index contributed by atoms with van der Waals surface area (Å²) in [4.78, 5) is 34.0. The number of amides is 3.